The molecule has 0 saturated carbocycles. The fourth-order valence-corrected chi connectivity index (χ4v) is 3.72. The minimum absolute atomic E-state index is 0.110. The topological polar surface area (TPSA) is 63.4 Å². The summed E-state index contributed by atoms with van der Waals surface area (Å²) in [7, 11) is 0. The van der Waals surface area contributed by atoms with Crippen LogP contribution in [0.3, 0.4) is 0 Å². The minimum atomic E-state index is -0.110. The summed E-state index contributed by atoms with van der Waals surface area (Å²) in [5.41, 5.74) is 2.98. The van der Waals surface area contributed by atoms with Crippen LogP contribution in [0, 0.1) is 0 Å². The van der Waals surface area contributed by atoms with E-state index in [1.54, 1.807) is 12.1 Å². The molecular weight excluding hydrogens is 396 g/mol. The first-order valence-corrected chi connectivity index (χ1v) is 9.44. The molecule has 4 rings (SSSR count). The van der Waals surface area contributed by atoms with E-state index in [9.17, 15) is 4.79 Å². The van der Waals surface area contributed by atoms with Gasteiger partial charge in [0.15, 0.2) is 11.5 Å². The number of para-hydroxylation sites is 1. The van der Waals surface area contributed by atoms with Crippen LogP contribution in [0.15, 0.2) is 47.1 Å². The third kappa shape index (κ3) is 3.42. The van der Waals surface area contributed by atoms with Crippen LogP contribution < -0.4 is 14.8 Å². The van der Waals surface area contributed by atoms with E-state index in [-0.39, 0.29) is 5.91 Å². The van der Waals surface area contributed by atoms with Gasteiger partial charge in [0.1, 0.15) is 13.2 Å². The molecule has 0 unspecified atom stereocenters. The zero-order valence-corrected chi connectivity index (χ0v) is 15.8. The molecule has 2 aromatic carbocycles. The Hall–Kier alpha value is -2.47. The number of ether oxygens (including phenoxy) is 2. The number of amides is 1. The van der Waals surface area contributed by atoms with Crippen LogP contribution in [0.4, 0.5) is 0 Å². The molecule has 0 atom stereocenters. The summed E-state index contributed by atoms with van der Waals surface area (Å²) in [5, 5.41) is 4.22. The van der Waals surface area contributed by atoms with Gasteiger partial charge in [-0.25, -0.2) is 0 Å². The Morgan fingerprint density at radius 3 is 2.96 bits per heavy atom. The van der Waals surface area contributed by atoms with E-state index >= 15 is 0 Å². The van der Waals surface area contributed by atoms with Gasteiger partial charge in [-0.05, 0) is 52.5 Å². The predicted molar refractivity (Wildman–Crippen MR) is 104 cm³/mol. The summed E-state index contributed by atoms with van der Waals surface area (Å²) in [5.74, 6) is 1.16. The number of aromatic amines is 1. The molecule has 2 heterocycles. The Bertz CT molecular complexity index is 951. The number of H-pyrrole nitrogens is 1. The third-order valence-corrected chi connectivity index (χ3v) is 5.03. The lowest BCUT2D eigenvalue weighted by Gasteiger charge is -2.20. The van der Waals surface area contributed by atoms with Crippen LogP contribution in [0.5, 0.6) is 11.5 Å². The summed E-state index contributed by atoms with van der Waals surface area (Å²) in [6.07, 6.45) is 3.83. The maximum absolute atomic E-state index is 12.4. The van der Waals surface area contributed by atoms with Crippen molar-refractivity contribution in [3.05, 3.63) is 58.2 Å². The largest absolute Gasteiger partial charge is 0.486 e. The fourth-order valence-electron chi connectivity index (χ4n) is 3.16. The number of carbonyl (C=O) groups is 1. The number of hydrogen-bond donors (Lipinski definition) is 2. The summed E-state index contributed by atoms with van der Waals surface area (Å²) in [6.45, 7) is 1.63. The third-order valence-electron chi connectivity index (χ3n) is 4.44. The van der Waals surface area contributed by atoms with Crippen molar-refractivity contribution >= 4 is 32.7 Å². The van der Waals surface area contributed by atoms with Crippen molar-refractivity contribution in [2.24, 2.45) is 0 Å². The smallest absolute Gasteiger partial charge is 0.251 e. The van der Waals surface area contributed by atoms with Crippen molar-refractivity contribution in [1.29, 1.82) is 0 Å². The van der Waals surface area contributed by atoms with E-state index in [1.807, 2.05) is 18.3 Å². The molecule has 0 bridgehead atoms. The highest BCUT2D eigenvalue weighted by Gasteiger charge is 2.18. The molecule has 1 aromatic heterocycles. The number of hydrogen-bond acceptors (Lipinski definition) is 3. The van der Waals surface area contributed by atoms with Gasteiger partial charge in [-0.3, -0.25) is 4.79 Å². The highest BCUT2D eigenvalue weighted by Crippen LogP contribution is 2.38. The van der Waals surface area contributed by atoms with Crippen LogP contribution >= 0.6 is 15.9 Å². The van der Waals surface area contributed by atoms with Gasteiger partial charge in [-0.1, -0.05) is 18.2 Å². The van der Waals surface area contributed by atoms with Crippen molar-refractivity contribution in [1.82, 2.24) is 10.3 Å². The van der Waals surface area contributed by atoms with Gasteiger partial charge in [0.25, 0.3) is 5.91 Å². The van der Waals surface area contributed by atoms with Crippen molar-refractivity contribution in [3.8, 4) is 11.5 Å². The van der Waals surface area contributed by atoms with Gasteiger partial charge in [0, 0.05) is 29.2 Å². The first-order chi connectivity index (χ1) is 12.7. The van der Waals surface area contributed by atoms with Gasteiger partial charge >= 0.3 is 0 Å². The second kappa shape index (κ2) is 7.41. The van der Waals surface area contributed by atoms with E-state index in [4.69, 9.17) is 9.47 Å². The molecule has 6 heteroatoms. The second-order valence-electron chi connectivity index (χ2n) is 6.20. The molecule has 0 saturated heterocycles. The van der Waals surface area contributed by atoms with Crippen LogP contribution in [0.2, 0.25) is 0 Å². The van der Waals surface area contributed by atoms with E-state index < -0.39 is 0 Å². The second-order valence-corrected chi connectivity index (χ2v) is 7.06. The quantitative estimate of drug-likeness (QED) is 0.618. The molecule has 26 heavy (non-hydrogen) atoms. The molecule has 5 nitrogen and oxygen atoms in total. The van der Waals surface area contributed by atoms with Crippen molar-refractivity contribution in [3.63, 3.8) is 0 Å². The lowest BCUT2D eigenvalue weighted by Crippen LogP contribution is -2.25. The maximum Gasteiger partial charge on any atom is 0.251 e. The van der Waals surface area contributed by atoms with Gasteiger partial charge in [0.2, 0.25) is 0 Å². The van der Waals surface area contributed by atoms with Crippen LogP contribution in [-0.2, 0) is 6.42 Å². The van der Waals surface area contributed by atoms with Crippen LogP contribution in [0.1, 0.15) is 22.3 Å². The number of aromatic nitrogens is 1. The lowest BCUT2D eigenvalue weighted by molar-refractivity contribution is 0.0952. The highest BCUT2D eigenvalue weighted by atomic mass is 79.9. The average molecular weight is 415 g/mol. The molecule has 0 radical (unpaired) electrons. The number of fused-ring (bicyclic) bond motifs is 2. The molecule has 1 amide bonds. The molecular formula is C20H19BrN2O3. The summed E-state index contributed by atoms with van der Waals surface area (Å²) in [4.78, 5) is 15.7. The molecule has 2 N–H and O–H groups in total. The van der Waals surface area contributed by atoms with E-state index in [0.29, 0.717) is 36.8 Å². The maximum atomic E-state index is 12.4. The van der Waals surface area contributed by atoms with Crippen molar-refractivity contribution in [2.75, 3.05) is 19.8 Å². The van der Waals surface area contributed by atoms with Gasteiger partial charge < -0.3 is 19.8 Å². The monoisotopic (exact) mass is 414 g/mol. The van der Waals surface area contributed by atoms with E-state index in [0.717, 1.165) is 22.8 Å². The van der Waals surface area contributed by atoms with Gasteiger partial charge in [-0.2, -0.15) is 0 Å². The molecule has 0 spiro atoms. The molecule has 0 fully saturated rings. The Morgan fingerprint density at radius 1 is 1.19 bits per heavy atom. The number of carbonyl (C=O) groups excluding carboxylic acids is 1. The number of benzene rings is 2. The summed E-state index contributed by atoms with van der Waals surface area (Å²) < 4.78 is 11.9. The summed E-state index contributed by atoms with van der Waals surface area (Å²) in [6, 6.07) is 11.7. The first-order valence-electron chi connectivity index (χ1n) is 8.65. The Balaban J connectivity index is 1.35. The predicted octanol–water partition coefficient (Wildman–Crippen LogP) is 4.06. The lowest BCUT2D eigenvalue weighted by atomic mass is 10.1. The van der Waals surface area contributed by atoms with E-state index in [2.05, 4.69) is 38.4 Å². The fraction of sp³-hybridized carbons (Fsp3) is 0.250. The van der Waals surface area contributed by atoms with E-state index in [1.165, 1.54) is 10.9 Å². The first kappa shape index (κ1) is 17.0. The number of halogens is 1. The molecule has 1 aliphatic rings. The Morgan fingerprint density at radius 2 is 2.04 bits per heavy atom. The van der Waals surface area contributed by atoms with Crippen LogP contribution in [0.25, 0.3) is 10.9 Å². The normalized spacial score (nSPS) is 13.0. The zero-order valence-electron chi connectivity index (χ0n) is 14.2. The SMILES string of the molecule is O=C(NCCCc1c[nH]c2ccccc12)c1cc(Br)c2c(c1)OCCO2. The zero-order chi connectivity index (χ0) is 17.9. The van der Waals surface area contributed by atoms with Crippen molar-refractivity contribution < 1.29 is 14.3 Å². The average Bonchev–Trinajstić information content (AvgIpc) is 3.08. The molecule has 3 aromatic rings. The van der Waals surface area contributed by atoms with Crippen molar-refractivity contribution in [2.45, 2.75) is 12.8 Å². The van der Waals surface area contributed by atoms with Gasteiger partial charge in [0.05, 0.1) is 4.47 Å². The number of aryl methyl sites for hydroxylation is 1. The molecule has 134 valence electrons. The molecule has 0 aliphatic carbocycles. The highest BCUT2D eigenvalue weighted by molar-refractivity contribution is 9.10. The minimum Gasteiger partial charge on any atom is -0.486 e. The van der Waals surface area contributed by atoms with Gasteiger partial charge in [-0.15, -0.1) is 0 Å². The number of nitrogens with one attached hydrogen (secondary N) is 2. The Kier molecular flexibility index (Phi) is 4.84. The summed E-state index contributed by atoms with van der Waals surface area (Å²) >= 11 is 3.44. The Labute approximate surface area is 159 Å². The molecule has 1 aliphatic heterocycles. The number of rotatable bonds is 5. The van der Waals surface area contributed by atoms with Crippen LogP contribution in [-0.4, -0.2) is 30.6 Å². The standard InChI is InChI=1S/C20H19BrN2O3/c21-16-10-14(11-18-19(16)26-9-8-25-18)20(24)22-7-3-4-13-12-23-17-6-2-1-5-15(13)17/h1-2,5-6,10-12,23H,3-4,7-9H2,(H,22,24).